The zero-order chi connectivity index (χ0) is 16.1. The molecule has 1 aliphatic rings. The molecule has 1 aliphatic heterocycles. The first kappa shape index (κ1) is 17.6. The van der Waals surface area contributed by atoms with Crippen LogP contribution in [0, 0.1) is 0 Å². The fourth-order valence-corrected chi connectivity index (χ4v) is 4.13. The summed E-state index contributed by atoms with van der Waals surface area (Å²) in [6.45, 7) is -1.22. The van der Waals surface area contributed by atoms with E-state index in [1.165, 1.54) is 0 Å². The molecule has 14 heteroatoms. The lowest BCUT2D eigenvalue weighted by molar-refractivity contribution is -0.316. The molecule has 0 aromatic rings. The summed E-state index contributed by atoms with van der Waals surface area (Å²) in [5.74, 6) is 0. The summed E-state index contributed by atoms with van der Waals surface area (Å²) in [4.78, 5) is -8.79. The van der Waals surface area contributed by atoms with E-state index in [1.807, 2.05) is 0 Å². The second-order valence-corrected chi connectivity index (χ2v) is 7.14. The van der Waals surface area contributed by atoms with Crippen LogP contribution in [0.2, 0.25) is 0 Å². The summed E-state index contributed by atoms with van der Waals surface area (Å²) in [7, 11) is -12.0. The molecule has 5 atom stereocenters. The van der Waals surface area contributed by atoms with Gasteiger partial charge in [0.1, 0.15) is 12.2 Å². The van der Waals surface area contributed by atoms with Crippen LogP contribution in [-0.2, 0) is 25.0 Å². The Kier molecular flexibility index (Phi) is 4.23. The Morgan fingerprint density at radius 2 is 1.35 bits per heavy atom. The van der Waals surface area contributed by atoms with Crippen molar-refractivity contribution in [3.8, 4) is 0 Å². The van der Waals surface area contributed by atoms with Crippen LogP contribution in [0.15, 0.2) is 0 Å². The van der Waals surface area contributed by atoms with Crippen molar-refractivity contribution in [2.75, 3.05) is 6.61 Å². The summed E-state index contributed by atoms with van der Waals surface area (Å²) in [6, 6.07) is 0. The first-order valence-corrected chi connectivity index (χ1v) is 7.64. The van der Waals surface area contributed by atoms with Crippen LogP contribution in [0.25, 0.3) is 0 Å². The molecule has 0 saturated carbocycles. The van der Waals surface area contributed by atoms with Gasteiger partial charge in [-0.1, -0.05) is 0 Å². The molecule has 12 nitrogen and oxygen atoms in total. The van der Waals surface area contributed by atoms with Gasteiger partial charge in [-0.05, 0) is 0 Å². The van der Waals surface area contributed by atoms with Crippen LogP contribution >= 0.6 is 0 Å². The maximum absolute atomic E-state index is 11.1. The molecule has 0 aliphatic carbocycles. The van der Waals surface area contributed by atoms with Gasteiger partial charge in [0.15, 0.2) is 0 Å². The summed E-state index contributed by atoms with van der Waals surface area (Å²) >= 11 is 0. The molecule has 20 heavy (non-hydrogen) atoms. The highest BCUT2D eigenvalue weighted by molar-refractivity contribution is 7.91. The molecule has 0 aromatic carbocycles. The van der Waals surface area contributed by atoms with E-state index in [0.29, 0.717) is 0 Å². The SMILES string of the molecule is O=S(=O)(O)[C@]1(O)[C@H](O)[C@@H](CO)O[C@H](O)[C@@]1(O)S(=O)(=O)O. The van der Waals surface area contributed by atoms with Crippen molar-refractivity contribution in [3.63, 3.8) is 0 Å². The van der Waals surface area contributed by atoms with Crippen LogP contribution < -0.4 is 0 Å². The van der Waals surface area contributed by atoms with Crippen molar-refractivity contribution in [1.82, 2.24) is 0 Å². The van der Waals surface area contributed by atoms with E-state index < -0.39 is 55.2 Å². The molecule has 0 spiro atoms. The van der Waals surface area contributed by atoms with E-state index >= 15 is 0 Å². The van der Waals surface area contributed by atoms with E-state index in [0.717, 1.165) is 0 Å². The Bertz CT molecular complexity index is 581. The number of ether oxygens (including phenoxy) is 1. The topological polar surface area (TPSA) is 219 Å². The van der Waals surface area contributed by atoms with Gasteiger partial charge in [0.05, 0.1) is 6.61 Å². The Morgan fingerprint density at radius 3 is 1.65 bits per heavy atom. The Labute approximate surface area is 112 Å². The summed E-state index contributed by atoms with van der Waals surface area (Å²) in [5.41, 5.74) is 0. The highest BCUT2D eigenvalue weighted by Crippen LogP contribution is 2.43. The normalized spacial score (nSPS) is 43.5. The fraction of sp³-hybridized carbons (Fsp3) is 1.00. The Morgan fingerprint density at radius 1 is 0.950 bits per heavy atom. The van der Waals surface area contributed by atoms with Gasteiger partial charge in [0.25, 0.3) is 9.87 Å². The molecule has 1 saturated heterocycles. The minimum atomic E-state index is -5.98. The molecule has 7 N–H and O–H groups in total. The average Bonchev–Trinajstić information content (AvgIpc) is 2.28. The van der Waals surface area contributed by atoms with Crippen molar-refractivity contribution < 1.29 is 56.2 Å². The lowest BCUT2D eigenvalue weighted by Crippen LogP contribution is -2.79. The summed E-state index contributed by atoms with van der Waals surface area (Å²) < 4.78 is 66.4. The van der Waals surface area contributed by atoms with Crippen molar-refractivity contribution in [2.24, 2.45) is 0 Å². The van der Waals surface area contributed by atoms with E-state index in [4.69, 9.17) is 14.2 Å². The van der Waals surface area contributed by atoms with Gasteiger partial charge in [-0.25, -0.2) is 0 Å². The molecule has 0 unspecified atom stereocenters. The minimum Gasteiger partial charge on any atom is -0.394 e. The van der Waals surface area contributed by atoms with Crippen molar-refractivity contribution >= 4 is 20.2 Å². The molecule has 120 valence electrons. The third-order valence-corrected chi connectivity index (χ3v) is 5.64. The third kappa shape index (κ3) is 2.05. The highest BCUT2D eigenvalue weighted by Gasteiger charge is 2.77. The molecule has 0 aromatic heterocycles. The average molecular weight is 340 g/mol. The van der Waals surface area contributed by atoms with Crippen LogP contribution in [0.1, 0.15) is 0 Å². The minimum absolute atomic E-state index is 1.22. The van der Waals surface area contributed by atoms with Crippen molar-refractivity contribution in [1.29, 1.82) is 0 Å². The largest absolute Gasteiger partial charge is 0.394 e. The predicted molar refractivity (Wildman–Crippen MR) is 57.0 cm³/mol. The van der Waals surface area contributed by atoms with Crippen LogP contribution in [0.4, 0.5) is 0 Å². The first-order chi connectivity index (χ1) is 8.75. The zero-order valence-corrected chi connectivity index (χ0v) is 11.1. The van der Waals surface area contributed by atoms with Crippen LogP contribution in [-0.4, -0.2) is 86.4 Å². The molecule has 1 fully saturated rings. The van der Waals surface area contributed by atoms with Crippen LogP contribution in [0.5, 0.6) is 0 Å². The fourth-order valence-electron chi connectivity index (χ4n) is 1.77. The summed E-state index contributed by atoms with van der Waals surface area (Å²) in [6.07, 6.45) is -8.11. The quantitative estimate of drug-likeness (QED) is 0.241. The lowest BCUT2D eigenvalue weighted by atomic mass is 9.98. The smallest absolute Gasteiger partial charge is 0.304 e. The molecule has 1 heterocycles. The van der Waals surface area contributed by atoms with E-state index in [2.05, 4.69) is 4.74 Å². The van der Waals surface area contributed by atoms with Gasteiger partial charge in [-0.15, -0.1) is 0 Å². The van der Waals surface area contributed by atoms with Gasteiger partial charge < -0.3 is 30.3 Å². The van der Waals surface area contributed by atoms with Crippen LogP contribution in [0.3, 0.4) is 0 Å². The summed E-state index contributed by atoms with van der Waals surface area (Å²) in [5, 5.41) is 47.1. The highest BCUT2D eigenvalue weighted by atomic mass is 32.2. The first-order valence-electron chi connectivity index (χ1n) is 4.76. The second-order valence-electron chi connectivity index (χ2n) is 4.00. The van der Waals surface area contributed by atoms with Gasteiger partial charge in [0, 0.05) is 0 Å². The monoisotopic (exact) mass is 340 g/mol. The predicted octanol–water partition coefficient (Wildman–Crippen LogP) is -4.79. The number of aliphatic hydroxyl groups is 5. The maximum atomic E-state index is 11.1. The van der Waals surface area contributed by atoms with Gasteiger partial charge >= 0.3 is 20.2 Å². The molecular weight excluding hydrogens is 328 g/mol. The maximum Gasteiger partial charge on any atom is 0.304 e. The van der Waals surface area contributed by atoms with E-state index in [9.17, 15) is 37.3 Å². The molecule has 0 amide bonds. The van der Waals surface area contributed by atoms with Crippen molar-refractivity contribution in [2.45, 2.75) is 28.4 Å². The molecular formula is C6H12O12S2. The second kappa shape index (κ2) is 4.80. The number of aliphatic hydroxyl groups excluding tert-OH is 3. The Balaban J connectivity index is 3.74. The number of hydrogen-bond acceptors (Lipinski definition) is 10. The lowest BCUT2D eigenvalue weighted by Gasteiger charge is -2.49. The van der Waals surface area contributed by atoms with Gasteiger partial charge in [0.2, 0.25) is 6.29 Å². The van der Waals surface area contributed by atoms with Gasteiger partial charge in [-0.3, -0.25) is 9.11 Å². The molecule has 1 rings (SSSR count). The van der Waals surface area contributed by atoms with E-state index in [-0.39, 0.29) is 0 Å². The number of rotatable bonds is 3. The standard InChI is InChI=1S/C6H12O12S2/c7-1-2-3(8)5(10,19(12,13)14)6(11,4(9)18-2)20(15,16)17/h2-4,7-11H,1H2,(H,12,13,14)(H,15,16,17)/t2-,3-,4+,5-,6-/m1/s1. The third-order valence-electron chi connectivity index (χ3n) is 2.87. The van der Waals surface area contributed by atoms with Crippen molar-refractivity contribution in [3.05, 3.63) is 0 Å². The van der Waals surface area contributed by atoms with E-state index in [1.54, 1.807) is 0 Å². The Hall–Kier alpha value is -0.420. The zero-order valence-electron chi connectivity index (χ0n) is 9.43. The van der Waals surface area contributed by atoms with Gasteiger partial charge in [-0.2, -0.15) is 16.8 Å². The molecule has 0 bridgehead atoms. The number of hydrogen-bond donors (Lipinski definition) is 7. The molecule has 0 radical (unpaired) electrons.